The van der Waals surface area contributed by atoms with Crippen LogP contribution in [0.2, 0.25) is 0 Å². The number of nitrogens with one attached hydrogen (secondary N) is 1. The van der Waals surface area contributed by atoms with Crippen LogP contribution in [0, 0.1) is 11.8 Å². The van der Waals surface area contributed by atoms with Crippen LogP contribution in [0.15, 0.2) is 21.9 Å². The molecule has 65 heavy (non-hydrogen) atoms. The van der Waals surface area contributed by atoms with Gasteiger partial charge in [-0.05, 0) is 31.7 Å². The monoisotopic (exact) mass is 929 g/mol. The molecule has 1 amide bonds. The number of unbranched alkanes of at least 4 members (excludes halogenated alkanes) is 5. The number of esters is 2. The van der Waals surface area contributed by atoms with E-state index in [2.05, 4.69) is 13.8 Å². The summed E-state index contributed by atoms with van der Waals surface area (Å²) >= 11 is 0. The summed E-state index contributed by atoms with van der Waals surface area (Å²) in [6, 6.07) is -2.56. The summed E-state index contributed by atoms with van der Waals surface area (Å²) in [5.41, 5.74) is 3.91. The van der Waals surface area contributed by atoms with Gasteiger partial charge in [0, 0.05) is 45.2 Å². The number of carboxylic acid groups (broad SMARTS) is 2. The molecular formula is C42H67N5O18. The molecule has 368 valence electrons. The summed E-state index contributed by atoms with van der Waals surface area (Å²) in [7, 11) is 2.46. The number of aliphatic hydroxyl groups excluding tert-OH is 4. The fourth-order valence-electron chi connectivity index (χ4n) is 8.55. The Morgan fingerprint density at radius 2 is 1.49 bits per heavy atom. The maximum absolute atomic E-state index is 14.5. The van der Waals surface area contributed by atoms with Crippen molar-refractivity contribution in [3.8, 4) is 0 Å². The van der Waals surface area contributed by atoms with Crippen molar-refractivity contribution in [3.63, 3.8) is 0 Å². The zero-order chi connectivity index (χ0) is 48.3. The van der Waals surface area contributed by atoms with Crippen LogP contribution < -0.4 is 17.0 Å². The zero-order valence-corrected chi connectivity index (χ0v) is 37.5. The van der Waals surface area contributed by atoms with Gasteiger partial charge in [0.15, 0.2) is 18.6 Å². The van der Waals surface area contributed by atoms with Crippen LogP contribution in [-0.2, 0) is 47.7 Å². The Labute approximate surface area is 375 Å². The van der Waals surface area contributed by atoms with Gasteiger partial charge in [-0.3, -0.25) is 38.4 Å². The number of amides is 1. The fraction of sp³-hybridized carbons (Fsp3) is 0.786. The first-order valence-corrected chi connectivity index (χ1v) is 22.2. The van der Waals surface area contributed by atoms with Crippen molar-refractivity contribution < 1.29 is 78.3 Å². The Bertz CT molecular complexity index is 1880. The van der Waals surface area contributed by atoms with Crippen LogP contribution in [-0.4, -0.2) is 180 Å². The number of nitrogens with two attached hydrogens (primary N) is 1. The van der Waals surface area contributed by atoms with Gasteiger partial charge < -0.3 is 65.0 Å². The van der Waals surface area contributed by atoms with Crippen LogP contribution >= 0.6 is 0 Å². The molecule has 3 aliphatic heterocycles. The smallest absolute Gasteiger partial charge is 0.330 e. The number of aromatic amines is 1. The number of aromatic nitrogens is 2. The Balaban J connectivity index is 1.60. The molecule has 0 bridgehead atoms. The van der Waals surface area contributed by atoms with Gasteiger partial charge in [0.1, 0.15) is 61.0 Å². The number of rotatable bonds is 24. The minimum Gasteiger partial charge on any atom is -0.481 e. The highest BCUT2D eigenvalue weighted by Gasteiger charge is 2.57. The van der Waals surface area contributed by atoms with Gasteiger partial charge in [0.2, 0.25) is 5.91 Å². The summed E-state index contributed by atoms with van der Waals surface area (Å²) in [6.45, 7) is 5.14. The minimum atomic E-state index is -1.95. The zero-order valence-electron chi connectivity index (χ0n) is 37.5. The molecule has 0 spiro atoms. The average Bonchev–Trinajstić information content (AvgIpc) is 3.62. The Morgan fingerprint density at radius 1 is 0.846 bits per heavy atom. The maximum Gasteiger partial charge on any atom is 0.330 e. The summed E-state index contributed by atoms with van der Waals surface area (Å²) in [4.78, 5) is 93.9. The van der Waals surface area contributed by atoms with E-state index in [4.69, 9.17) is 34.5 Å². The van der Waals surface area contributed by atoms with Crippen molar-refractivity contribution >= 4 is 29.8 Å². The quantitative estimate of drug-likeness (QED) is 0.0439. The van der Waals surface area contributed by atoms with Gasteiger partial charge in [-0.1, -0.05) is 59.3 Å². The standard InChI is InChI=1S/C42H67N5O18/c1-21(2)12-10-8-6-7-9-11-13-23(61-28(51)17-22(3)16-27(49)50)18-29(52)62-25-20-45(4)31(38(57)46(5)30(25)40(58)59)36(65-41-35(56)32(53)24(19-43)63-41)37-33(54)34(55)39(64-37)47-15-14-26(48)44-42(47)60/h14-15,21-25,30-37,39,41,53-56H,6-13,16-20,43H2,1-5H3,(H,49,50)(H,58,59)(H,44,48,60)/t22-,23+,24-,25+,30+,31-,32-,33+,34-,35-,36+,37+,39-,41+/m1/s1. The van der Waals surface area contributed by atoms with Crippen molar-refractivity contribution in [1.29, 1.82) is 0 Å². The number of aliphatic carboxylic acids is 2. The van der Waals surface area contributed by atoms with E-state index in [1.165, 1.54) is 11.9 Å². The van der Waals surface area contributed by atoms with E-state index < -0.39 is 139 Å². The topological polar surface area (TPSA) is 340 Å². The second-order valence-corrected chi connectivity index (χ2v) is 17.8. The molecule has 3 fully saturated rings. The molecule has 3 aliphatic rings. The number of likely N-dealkylation sites (N-methyl/N-ethyl adjacent to an activating group) is 2. The number of hydrogen-bond donors (Lipinski definition) is 8. The molecule has 23 nitrogen and oxygen atoms in total. The largest absolute Gasteiger partial charge is 0.481 e. The molecule has 4 rings (SSSR count). The van der Waals surface area contributed by atoms with Crippen molar-refractivity contribution in [2.24, 2.45) is 17.6 Å². The Kier molecular flexibility index (Phi) is 20.0. The summed E-state index contributed by atoms with van der Waals surface area (Å²) < 4.78 is 30.0. The summed E-state index contributed by atoms with van der Waals surface area (Å²) in [6.07, 6.45) is -11.1. The predicted octanol–water partition coefficient (Wildman–Crippen LogP) is -1.34. The second kappa shape index (κ2) is 24.4. The fourth-order valence-corrected chi connectivity index (χ4v) is 8.55. The van der Waals surface area contributed by atoms with Crippen LogP contribution in [0.25, 0.3) is 0 Å². The number of aliphatic hydroxyl groups is 4. The highest BCUT2D eigenvalue weighted by molar-refractivity contribution is 5.88. The summed E-state index contributed by atoms with van der Waals surface area (Å²) in [5, 5.41) is 63.7. The third-order valence-electron chi connectivity index (χ3n) is 12.0. The van der Waals surface area contributed by atoms with Gasteiger partial charge in [-0.15, -0.1) is 0 Å². The van der Waals surface area contributed by atoms with Crippen molar-refractivity contribution in [2.75, 3.05) is 27.2 Å². The van der Waals surface area contributed by atoms with E-state index >= 15 is 0 Å². The number of carbonyl (C=O) groups is 5. The Morgan fingerprint density at radius 3 is 2.08 bits per heavy atom. The van der Waals surface area contributed by atoms with Crippen LogP contribution in [0.1, 0.15) is 97.6 Å². The third kappa shape index (κ3) is 14.3. The molecule has 0 radical (unpaired) electrons. The van der Waals surface area contributed by atoms with Gasteiger partial charge >= 0.3 is 29.6 Å². The van der Waals surface area contributed by atoms with Crippen LogP contribution in [0.4, 0.5) is 0 Å². The third-order valence-corrected chi connectivity index (χ3v) is 12.0. The first-order chi connectivity index (χ1) is 30.6. The van der Waals surface area contributed by atoms with Crippen molar-refractivity contribution in [1.82, 2.24) is 19.4 Å². The van der Waals surface area contributed by atoms with Crippen LogP contribution in [0.3, 0.4) is 0 Å². The van der Waals surface area contributed by atoms with E-state index in [0.29, 0.717) is 12.3 Å². The minimum absolute atomic E-state index is 0.229. The molecule has 9 N–H and O–H groups in total. The molecule has 0 aromatic carbocycles. The summed E-state index contributed by atoms with van der Waals surface area (Å²) in [5.74, 6) is -5.31. The van der Waals surface area contributed by atoms with E-state index in [-0.39, 0.29) is 25.8 Å². The number of hydrogen-bond acceptors (Lipinski definition) is 18. The molecule has 1 aromatic heterocycles. The molecule has 0 aliphatic carbocycles. The number of carbonyl (C=O) groups excluding carboxylic acids is 3. The molecule has 3 saturated heterocycles. The van der Waals surface area contributed by atoms with Crippen molar-refractivity contribution in [2.45, 2.75) is 171 Å². The van der Waals surface area contributed by atoms with Gasteiger partial charge in [0.05, 0.1) is 6.42 Å². The lowest BCUT2D eigenvalue weighted by molar-refractivity contribution is -0.233. The van der Waals surface area contributed by atoms with E-state index in [1.54, 1.807) is 6.92 Å². The lowest BCUT2D eigenvalue weighted by atomic mass is 9.97. The molecule has 14 atom stereocenters. The van der Waals surface area contributed by atoms with Gasteiger partial charge in [0.25, 0.3) is 5.56 Å². The second-order valence-electron chi connectivity index (χ2n) is 17.8. The number of H-pyrrole nitrogens is 1. The molecular weight excluding hydrogens is 862 g/mol. The number of carboxylic acids is 2. The lowest BCUT2D eigenvalue weighted by Gasteiger charge is -2.38. The highest BCUT2D eigenvalue weighted by atomic mass is 16.7. The number of nitrogens with zero attached hydrogens (tertiary/aromatic N) is 3. The molecule has 1 aromatic rings. The normalized spacial score (nSPS) is 29.9. The maximum atomic E-state index is 14.5. The van der Waals surface area contributed by atoms with E-state index in [9.17, 15) is 59.1 Å². The first-order valence-electron chi connectivity index (χ1n) is 22.2. The lowest BCUT2D eigenvalue weighted by Crippen LogP contribution is -2.59. The van der Waals surface area contributed by atoms with E-state index in [0.717, 1.165) is 67.3 Å². The highest BCUT2D eigenvalue weighted by Crippen LogP contribution is 2.36. The molecule has 0 saturated carbocycles. The molecule has 23 heteroatoms. The average molecular weight is 930 g/mol. The molecule has 0 unspecified atom stereocenters. The predicted molar refractivity (Wildman–Crippen MR) is 225 cm³/mol. The van der Waals surface area contributed by atoms with Gasteiger partial charge in [-0.25, -0.2) is 9.59 Å². The van der Waals surface area contributed by atoms with Crippen molar-refractivity contribution in [3.05, 3.63) is 33.1 Å². The van der Waals surface area contributed by atoms with E-state index in [1.807, 2.05) is 4.98 Å². The van der Waals surface area contributed by atoms with Crippen LogP contribution in [0.5, 0.6) is 0 Å². The number of ether oxygens (including phenoxy) is 5. The first kappa shape index (κ1) is 53.3. The SMILES string of the molecule is CC(C)CCCCCCCC[C@@H](CC(=O)O[C@H]1CN(C)[C@H]([C@H](O[C@@H]2O[C@H](CN)[C@@H](O)[C@H]2O)[C@H]2O[C@@H](n3ccc(=O)[nH]c3=O)[C@H](O)[C@@H]2O)C(=O)N(C)[C@@H]1C(=O)O)OC(=O)C[C@H](C)CC(=O)O. The molecule has 4 heterocycles. The van der Waals surface area contributed by atoms with Gasteiger partial charge in [-0.2, -0.15) is 0 Å². The Hall–Kier alpha value is -4.33.